The SMILES string of the molecule is CCc1c(/C=C/C(=O)O)n(Cc2ccc(Cl)cc2)c2c(S(C)(=O)=O)cc(F)cc12. The lowest BCUT2D eigenvalue weighted by atomic mass is 10.1. The van der Waals surface area contributed by atoms with Crippen molar-refractivity contribution < 1.29 is 22.7 Å². The Morgan fingerprint density at radius 2 is 1.90 bits per heavy atom. The molecule has 1 heterocycles. The average molecular weight is 436 g/mol. The molecule has 0 atom stereocenters. The highest BCUT2D eigenvalue weighted by Gasteiger charge is 2.23. The molecule has 1 aromatic heterocycles. The third-order valence-electron chi connectivity index (χ3n) is 4.63. The second kappa shape index (κ2) is 8.00. The molecule has 0 fully saturated rings. The zero-order chi connectivity index (χ0) is 21.3. The van der Waals surface area contributed by atoms with E-state index in [-0.39, 0.29) is 11.4 Å². The van der Waals surface area contributed by atoms with Crippen LogP contribution in [0.5, 0.6) is 0 Å². The lowest BCUT2D eigenvalue weighted by Gasteiger charge is -2.12. The van der Waals surface area contributed by atoms with Crippen LogP contribution in [0.15, 0.2) is 47.4 Å². The molecule has 0 aliphatic carbocycles. The monoisotopic (exact) mass is 435 g/mol. The first-order chi connectivity index (χ1) is 13.6. The molecule has 0 saturated heterocycles. The number of aryl methyl sites for hydroxylation is 1. The number of carbonyl (C=O) groups is 1. The number of rotatable bonds is 6. The lowest BCUT2D eigenvalue weighted by Crippen LogP contribution is -2.07. The fourth-order valence-corrected chi connectivity index (χ4v) is 4.46. The van der Waals surface area contributed by atoms with E-state index >= 15 is 0 Å². The highest BCUT2D eigenvalue weighted by molar-refractivity contribution is 7.91. The van der Waals surface area contributed by atoms with Gasteiger partial charge in [0.1, 0.15) is 5.82 Å². The minimum absolute atomic E-state index is 0.133. The Balaban J connectivity index is 2.41. The molecule has 0 unspecified atom stereocenters. The van der Waals surface area contributed by atoms with E-state index in [0.29, 0.717) is 33.6 Å². The maximum Gasteiger partial charge on any atom is 0.328 e. The van der Waals surface area contributed by atoms with E-state index in [4.69, 9.17) is 16.7 Å². The smallest absolute Gasteiger partial charge is 0.328 e. The summed E-state index contributed by atoms with van der Waals surface area (Å²) in [7, 11) is -3.74. The number of hydrogen-bond acceptors (Lipinski definition) is 3. The highest BCUT2D eigenvalue weighted by Crippen LogP contribution is 2.34. The van der Waals surface area contributed by atoms with Crippen molar-refractivity contribution in [3.63, 3.8) is 0 Å². The summed E-state index contributed by atoms with van der Waals surface area (Å²) in [4.78, 5) is 11.0. The summed E-state index contributed by atoms with van der Waals surface area (Å²) in [6.45, 7) is 2.12. The van der Waals surface area contributed by atoms with Gasteiger partial charge in [0.15, 0.2) is 9.84 Å². The van der Waals surface area contributed by atoms with Gasteiger partial charge in [0, 0.05) is 35.0 Å². The molecular weight excluding hydrogens is 417 g/mol. The zero-order valence-corrected chi connectivity index (χ0v) is 17.4. The molecule has 0 aliphatic rings. The third-order valence-corrected chi connectivity index (χ3v) is 5.99. The molecule has 8 heteroatoms. The topological polar surface area (TPSA) is 76.4 Å². The Labute approximate surface area is 173 Å². The molecule has 0 radical (unpaired) electrons. The summed E-state index contributed by atoms with van der Waals surface area (Å²) >= 11 is 5.95. The number of fused-ring (bicyclic) bond motifs is 1. The maximum atomic E-state index is 14.3. The predicted octanol–water partition coefficient (Wildman–Crippen LogP) is 4.55. The van der Waals surface area contributed by atoms with Crippen molar-refractivity contribution in [3.05, 3.63) is 70.1 Å². The Morgan fingerprint density at radius 1 is 1.24 bits per heavy atom. The molecule has 0 aliphatic heterocycles. The first-order valence-corrected chi connectivity index (χ1v) is 11.1. The van der Waals surface area contributed by atoms with E-state index in [1.165, 1.54) is 12.1 Å². The summed E-state index contributed by atoms with van der Waals surface area (Å²) < 4.78 is 40.8. The van der Waals surface area contributed by atoms with Gasteiger partial charge in [0.25, 0.3) is 0 Å². The summed E-state index contributed by atoms with van der Waals surface area (Å²) in [6, 6.07) is 9.32. The minimum Gasteiger partial charge on any atom is -0.478 e. The summed E-state index contributed by atoms with van der Waals surface area (Å²) in [5.74, 6) is -1.80. The van der Waals surface area contributed by atoms with E-state index in [2.05, 4.69) is 0 Å². The van der Waals surface area contributed by atoms with Crippen LogP contribution in [0, 0.1) is 5.82 Å². The van der Waals surface area contributed by atoms with Gasteiger partial charge in [-0.1, -0.05) is 30.7 Å². The fraction of sp³-hybridized carbons (Fsp3) is 0.190. The van der Waals surface area contributed by atoms with Crippen LogP contribution < -0.4 is 0 Å². The van der Waals surface area contributed by atoms with Crippen LogP contribution in [0.2, 0.25) is 5.02 Å². The normalized spacial score (nSPS) is 12.1. The van der Waals surface area contributed by atoms with Gasteiger partial charge in [-0.05, 0) is 47.9 Å². The van der Waals surface area contributed by atoms with Gasteiger partial charge >= 0.3 is 5.97 Å². The molecule has 0 amide bonds. The van der Waals surface area contributed by atoms with E-state index in [1.54, 1.807) is 28.8 Å². The summed E-state index contributed by atoms with van der Waals surface area (Å²) in [5, 5.41) is 10.1. The predicted molar refractivity (Wildman–Crippen MR) is 112 cm³/mol. The van der Waals surface area contributed by atoms with Gasteiger partial charge in [-0.25, -0.2) is 17.6 Å². The Morgan fingerprint density at radius 3 is 2.45 bits per heavy atom. The van der Waals surface area contributed by atoms with Gasteiger partial charge in [-0.3, -0.25) is 0 Å². The largest absolute Gasteiger partial charge is 0.478 e. The molecule has 0 spiro atoms. The van der Waals surface area contributed by atoms with Gasteiger partial charge in [-0.15, -0.1) is 0 Å². The fourth-order valence-electron chi connectivity index (χ4n) is 3.44. The molecule has 2 aromatic carbocycles. The lowest BCUT2D eigenvalue weighted by molar-refractivity contribution is -0.131. The van der Waals surface area contributed by atoms with Crippen molar-refractivity contribution in [2.45, 2.75) is 24.8 Å². The van der Waals surface area contributed by atoms with Crippen molar-refractivity contribution in [2.75, 3.05) is 6.26 Å². The number of benzene rings is 2. The number of sulfone groups is 1. The first-order valence-electron chi connectivity index (χ1n) is 8.82. The highest BCUT2D eigenvalue weighted by atomic mass is 35.5. The summed E-state index contributed by atoms with van der Waals surface area (Å²) in [5.41, 5.74) is 2.39. The standard InChI is InChI=1S/C21H19ClFNO4S/c1-3-16-17-10-15(23)11-19(29(2,27)28)21(17)24(18(16)8-9-20(25)26)12-13-4-6-14(22)7-5-13/h4-11H,3,12H2,1-2H3,(H,25,26)/b9-8+. The van der Waals surface area contributed by atoms with Crippen LogP contribution in [0.3, 0.4) is 0 Å². The van der Waals surface area contributed by atoms with Crippen LogP contribution >= 0.6 is 11.6 Å². The average Bonchev–Trinajstić information content (AvgIpc) is 2.92. The molecule has 0 bridgehead atoms. The van der Waals surface area contributed by atoms with Crippen LogP contribution in [0.25, 0.3) is 17.0 Å². The third kappa shape index (κ3) is 4.36. The number of carboxylic acids is 1. The first kappa shape index (κ1) is 21.1. The molecule has 29 heavy (non-hydrogen) atoms. The maximum absolute atomic E-state index is 14.3. The summed E-state index contributed by atoms with van der Waals surface area (Å²) in [6.07, 6.45) is 3.90. The van der Waals surface area contributed by atoms with E-state index < -0.39 is 21.6 Å². The van der Waals surface area contributed by atoms with Crippen LogP contribution in [-0.2, 0) is 27.6 Å². The number of carboxylic acid groups (broad SMARTS) is 1. The van der Waals surface area contributed by atoms with Crippen molar-refractivity contribution in [1.82, 2.24) is 4.57 Å². The van der Waals surface area contributed by atoms with Gasteiger partial charge in [0.2, 0.25) is 0 Å². The van der Waals surface area contributed by atoms with Gasteiger partial charge < -0.3 is 9.67 Å². The molecule has 152 valence electrons. The molecular formula is C21H19ClFNO4S. The molecule has 3 aromatic rings. The van der Waals surface area contributed by atoms with Crippen LogP contribution in [-0.4, -0.2) is 30.3 Å². The van der Waals surface area contributed by atoms with E-state index in [1.807, 2.05) is 6.92 Å². The number of halogens is 2. The quantitative estimate of drug-likeness (QED) is 0.576. The second-order valence-corrected chi connectivity index (χ2v) is 9.09. The Kier molecular flexibility index (Phi) is 5.82. The number of aromatic nitrogens is 1. The second-order valence-electron chi connectivity index (χ2n) is 6.67. The van der Waals surface area contributed by atoms with Crippen molar-refractivity contribution >= 4 is 44.4 Å². The Bertz CT molecular complexity index is 1230. The van der Waals surface area contributed by atoms with Crippen molar-refractivity contribution in [2.24, 2.45) is 0 Å². The Hall–Kier alpha value is -2.64. The van der Waals surface area contributed by atoms with E-state index in [9.17, 15) is 17.6 Å². The molecule has 3 rings (SSSR count). The molecule has 0 saturated carbocycles. The van der Waals surface area contributed by atoms with E-state index in [0.717, 1.165) is 24.0 Å². The molecule has 1 N–H and O–H groups in total. The molecule has 5 nitrogen and oxygen atoms in total. The van der Waals surface area contributed by atoms with Crippen molar-refractivity contribution in [1.29, 1.82) is 0 Å². The van der Waals surface area contributed by atoms with Crippen LogP contribution in [0.4, 0.5) is 4.39 Å². The van der Waals surface area contributed by atoms with Gasteiger partial charge in [-0.2, -0.15) is 0 Å². The van der Waals surface area contributed by atoms with Gasteiger partial charge in [0.05, 0.1) is 10.4 Å². The zero-order valence-electron chi connectivity index (χ0n) is 15.8. The number of aliphatic carboxylic acids is 1. The van der Waals surface area contributed by atoms with Crippen LogP contribution in [0.1, 0.15) is 23.7 Å². The number of hydrogen-bond donors (Lipinski definition) is 1. The number of nitrogens with zero attached hydrogens (tertiary/aromatic N) is 1. The minimum atomic E-state index is -3.74. The van der Waals surface area contributed by atoms with Crippen molar-refractivity contribution in [3.8, 4) is 0 Å².